The number of nitrogens with zero attached hydrogens (tertiary/aromatic N) is 4. The maximum Gasteiger partial charge on any atom is 0.223 e. The van der Waals surface area contributed by atoms with Crippen LogP contribution < -0.4 is 20.1 Å². The van der Waals surface area contributed by atoms with Gasteiger partial charge in [0.1, 0.15) is 17.4 Å². The number of methoxy groups -OCH3 is 2. The number of fused-ring (bicyclic) bond motifs is 1. The molecule has 1 aliphatic heterocycles. The highest BCUT2D eigenvalue weighted by Gasteiger charge is 2.38. The zero-order valence-corrected chi connectivity index (χ0v) is 19.9. The van der Waals surface area contributed by atoms with Gasteiger partial charge in [0.25, 0.3) is 0 Å². The molecule has 1 atom stereocenters. The molecule has 1 unspecified atom stereocenters. The van der Waals surface area contributed by atoms with Crippen LogP contribution in [0.15, 0.2) is 65.1 Å². The molecule has 168 valence electrons. The van der Waals surface area contributed by atoms with Crippen LogP contribution in [-0.2, 0) is 6.54 Å². The summed E-state index contributed by atoms with van der Waals surface area (Å²) in [6, 6.07) is 17.3. The first kappa shape index (κ1) is 22.8. The first-order valence-electron chi connectivity index (χ1n) is 10.1. The Balaban J connectivity index is 1.93. The van der Waals surface area contributed by atoms with E-state index < -0.39 is 5.92 Å². The van der Waals surface area contributed by atoms with E-state index >= 15 is 0 Å². The summed E-state index contributed by atoms with van der Waals surface area (Å²) in [4.78, 5) is 11.2. The lowest BCUT2D eigenvalue weighted by Gasteiger charge is -2.35. The number of benzene rings is 2. The van der Waals surface area contributed by atoms with Crippen molar-refractivity contribution in [3.8, 4) is 17.7 Å². The van der Waals surface area contributed by atoms with E-state index in [2.05, 4.69) is 11.1 Å². The molecule has 0 aliphatic carbocycles. The summed E-state index contributed by atoms with van der Waals surface area (Å²) in [6.07, 6.45) is 1.90. The predicted molar refractivity (Wildman–Crippen MR) is 130 cm³/mol. The molecular formula is C24H22ClN5O2S. The first-order chi connectivity index (χ1) is 16.0. The highest BCUT2D eigenvalue weighted by Crippen LogP contribution is 2.47. The second kappa shape index (κ2) is 9.61. The number of ether oxygens (including phenoxy) is 2. The highest BCUT2D eigenvalue weighted by atomic mass is 35.5. The number of rotatable bonds is 6. The van der Waals surface area contributed by atoms with Gasteiger partial charge in [-0.3, -0.25) is 0 Å². The van der Waals surface area contributed by atoms with Gasteiger partial charge in [-0.2, -0.15) is 10.2 Å². The molecule has 1 aliphatic rings. The number of aromatic nitrogens is 2. The summed E-state index contributed by atoms with van der Waals surface area (Å²) in [5.74, 6) is 1.63. The Morgan fingerprint density at radius 2 is 1.79 bits per heavy atom. The average molecular weight is 480 g/mol. The Morgan fingerprint density at radius 3 is 2.36 bits per heavy atom. The molecule has 0 amide bonds. The Bertz CT molecular complexity index is 1240. The molecule has 0 saturated carbocycles. The second-order valence-corrected chi connectivity index (χ2v) is 8.50. The van der Waals surface area contributed by atoms with Crippen LogP contribution in [0.5, 0.6) is 11.6 Å². The van der Waals surface area contributed by atoms with Crippen molar-refractivity contribution in [3.05, 3.63) is 81.6 Å². The van der Waals surface area contributed by atoms with Crippen molar-refractivity contribution in [3.63, 3.8) is 0 Å². The summed E-state index contributed by atoms with van der Waals surface area (Å²) in [6.45, 7) is 0.412. The lowest BCUT2D eigenvalue weighted by molar-refractivity contribution is 0.385. The molecule has 0 bridgehead atoms. The summed E-state index contributed by atoms with van der Waals surface area (Å²) < 4.78 is 10.9. The number of allylic oxidation sites excluding steroid dienone is 1. The quantitative estimate of drug-likeness (QED) is 0.401. The van der Waals surface area contributed by atoms with Crippen molar-refractivity contribution in [2.75, 3.05) is 25.4 Å². The van der Waals surface area contributed by atoms with Crippen LogP contribution in [0.1, 0.15) is 22.6 Å². The Labute approximate surface area is 201 Å². The van der Waals surface area contributed by atoms with E-state index in [1.54, 1.807) is 26.4 Å². The van der Waals surface area contributed by atoms with Gasteiger partial charge >= 0.3 is 0 Å². The van der Waals surface area contributed by atoms with Gasteiger partial charge < -0.3 is 20.1 Å². The van der Waals surface area contributed by atoms with Gasteiger partial charge in [-0.05, 0) is 41.6 Å². The SMILES string of the molecule is COc1ccc(CN2C(N)=C(C#N)C(c3ccc(Cl)cc3)c3c(OC)nc(SC)nc32)cc1. The van der Waals surface area contributed by atoms with Crippen molar-refractivity contribution >= 4 is 29.2 Å². The highest BCUT2D eigenvalue weighted by molar-refractivity contribution is 7.98. The number of hydrogen-bond donors (Lipinski definition) is 1. The largest absolute Gasteiger partial charge is 0.497 e. The molecule has 0 radical (unpaired) electrons. The molecule has 3 aromatic rings. The Hall–Kier alpha value is -3.41. The number of halogens is 1. The second-order valence-electron chi connectivity index (χ2n) is 7.29. The third kappa shape index (κ3) is 4.30. The fourth-order valence-corrected chi connectivity index (χ4v) is 4.34. The molecule has 9 heteroatoms. The molecule has 4 rings (SSSR count). The van der Waals surface area contributed by atoms with E-state index in [0.717, 1.165) is 16.9 Å². The van der Waals surface area contributed by atoms with Gasteiger partial charge in [-0.1, -0.05) is 47.6 Å². The minimum atomic E-state index is -0.486. The van der Waals surface area contributed by atoms with E-state index in [9.17, 15) is 5.26 Å². The Kier molecular flexibility index (Phi) is 6.63. The summed E-state index contributed by atoms with van der Waals surface area (Å²) in [5.41, 5.74) is 9.54. The maximum atomic E-state index is 10.1. The zero-order valence-electron chi connectivity index (χ0n) is 18.4. The molecular weight excluding hydrogens is 458 g/mol. The monoisotopic (exact) mass is 479 g/mol. The van der Waals surface area contributed by atoms with E-state index in [1.165, 1.54) is 11.8 Å². The van der Waals surface area contributed by atoms with Crippen LogP contribution in [0.2, 0.25) is 5.02 Å². The van der Waals surface area contributed by atoms with E-state index in [-0.39, 0.29) is 0 Å². The molecule has 0 spiro atoms. The lowest BCUT2D eigenvalue weighted by atomic mass is 9.83. The summed E-state index contributed by atoms with van der Waals surface area (Å²) >= 11 is 7.52. The molecule has 33 heavy (non-hydrogen) atoms. The number of hydrogen-bond acceptors (Lipinski definition) is 8. The fourth-order valence-electron chi connectivity index (χ4n) is 3.86. The topological polar surface area (TPSA) is 97.3 Å². The van der Waals surface area contributed by atoms with Crippen molar-refractivity contribution in [2.24, 2.45) is 5.73 Å². The number of thioether (sulfide) groups is 1. The molecule has 2 aromatic carbocycles. The Morgan fingerprint density at radius 1 is 1.09 bits per heavy atom. The van der Waals surface area contributed by atoms with E-state index in [0.29, 0.717) is 45.4 Å². The third-order valence-corrected chi connectivity index (χ3v) is 6.27. The zero-order chi connectivity index (χ0) is 23.5. The van der Waals surface area contributed by atoms with Crippen LogP contribution in [0.25, 0.3) is 0 Å². The van der Waals surface area contributed by atoms with Gasteiger partial charge in [-0.25, -0.2) is 4.98 Å². The van der Waals surface area contributed by atoms with Crippen molar-refractivity contribution < 1.29 is 9.47 Å². The smallest absolute Gasteiger partial charge is 0.223 e. The minimum absolute atomic E-state index is 0.341. The van der Waals surface area contributed by atoms with Gasteiger partial charge in [0.15, 0.2) is 5.16 Å². The van der Waals surface area contributed by atoms with Gasteiger partial charge in [0, 0.05) is 5.02 Å². The van der Waals surface area contributed by atoms with Gasteiger partial charge in [0.05, 0.1) is 43.9 Å². The minimum Gasteiger partial charge on any atom is -0.497 e. The van der Waals surface area contributed by atoms with Gasteiger partial charge in [0.2, 0.25) is 5.88 Å². The summed E-state index contributed by atoms with van der Waals surface area (Å²) in [5, 5.41) is 11.3. The third-order valence-electron chi connectivity index (χ3n) is 5.47. The van der Waals surface area contributed by atoms with Crippen LogP contribution in [0, 0.1) is 11.3 Å². The number of anilines is 1. The van der Waals surface area contributed by atoms with Crippen LogP contribution in [0.4, 0.5) is 5.82 Å². The summed E-state index contributed by atoms with van der Waals surface area (Å²) in [7, 11) is 3.19. The number of nitriles is 1. The van der Waals surface area contributed by atoms with Gasteiger partial charge in [-0.15, -0.1) is 0 Å². The van der Waals surface area contributed by atoms with Crippen molar-refractivity contribution in [1.82, 2.24) is 9.97 Å². The fraction of sp³-hybridized carbons (Fsp3) is 0.208. The first-order valence-corrected chi connectivity index (χ1v) is 11.7. The number of nitrogens with two attached hydrogens (primary N) is 1. The predicted octanol–water partition coefficient (Wildman–Crippen LogP) is 4.72. The van der Waals surface area contributed by atoms with Crippen molar-refractivity contribution in [1.29, 1.82) is 5.26 Å². The van der Waals surface area contributed by atoms with E-state index in [1.807, 2.05) is 47.6 Å². The van der Waals surface area contributed by atoms with Crippen LogP contribution in [-0.4, -0.2) is 30.4 Å². The van der Waals surface area contributed by atoms with Crippen molar-refractivity contribution in [2.45, 2.75) is 17.6 Å². The average Bonchev–Trinajstić information content (AvgIpc) is 2.85. The molecule has 7 nitrogen and oxygen atoms in total. The standard InChI is InChI=1S/C24H22ClN5O2S/c1-31-17-10-4-14(5-11-17)13-30-21(27)18(12-26)19(15-6-8-16(25)9-7-15)20-22(30)28-24(33-3)29-23(20)32-2/h4-11,19H,13,27H2,1-3H3. The molecule has 2 N–H and O–H groups in total. The van der Waals surface area contributed by atoms with E-state index in [4.69, 9.17) is 31.8 Å². The normalized spacial score (nSPS) is 15.1. The lowest BCUT2D eigenvalue weighted by Crippen LogP contribution is -2.36. The van der Waals surface area contributed by atoms with Crippen LogP contribution in [0.3, 0.4) is 0 Å². The van der Waals surface area contributed by atoms with Crippen LogP contribution >= 0.6 is 23.4 Å². The molecule has 1 aromatic heterocycles. The molecule has 2 heterocycles. The molecule has 0 saturated heterocycles. The maximum absolute atomic E-state index is 10.1. The molecule has 0 fully saturated rings.